The number of hydrogen-bond donors (Lipinski definition) is 2. The van der Waals surface area contributed by atoms with Gasteiger partial charge in [-0.15, -0.1) is 0 Å². The van der Waals surface area contributed by atoms with Crippen LogP contribution in [0.1, 0.15) is 18.4 Å². The summed E-state index contributed by atoms with van der Waals surface area (Å²) >= 11 is 0. The molecule has 110 valence electrons. The third-order valence-electron chi connectivity index (χ3n) is 3.42. The van der Waals surface area contributed by atoms with Gasteiger partial charge in [-0.1, -0.05) is 12.1 Å². The van der Waals surface area contributed by atoms with Crippen molar-refractivity contribution in [2.75, 3.05) is 25.2 Å². The highest BCUT2D eigenvalue weighted by Crippen LogP contribution is 2.28. The van der Waals surface area contributed by atoms with E-state index in [2.05, 4.69) is 5.43 Å². The minimum Gasteiger partial charge on any atom is -0.381 e. The van der Waals surface area contributed by atoms with Crippen molar-refractivity contribution in [2.24, 2.45) is 11.8 Å². The number of hydrazine groups is 1. The number of nitrogens with one attached hydrogen (secondary N) is 1. The van der Waals surface area contributed by atoms with Crippen LogP contribution in [0, 0.1) is 16.0 Å². The maximum absolute atomic E-state index is 10.9. The summed E-state index contributed by atoms with van der Waals surface area (Å²) in [7, 11) is 0. The Hall–Kier alpha value is -1.70. The molecular weight excluding hydrogens is 262 g/mol. The van der Waals surface area contributed by atoms with Crippen molar-refractivity contribution in [3.63, 3.8) is 0 Å². The van der Waals surface area contributed by atoms with E-state index in [0.29, 0.717) is 30.4 Å². The summed E-state index contributed by atoms with van der Waals surface area (Å²) in [6.45, 7) is 2.50. The third kappa shape index (κ3) is 3.66. The molecule has 7 heteroatoms. The first kappa shape index (κ1) is 14.7. The predicted molar refractivity (Wildman–Crippen MR) is 74.1 cm³/mol. The first-order chi connectivity index (χ1) is 9.72. The van der Waals surface area contributed by atoms with Gasteiger partial charge in [-0.05, 0) is 18.8 Å². The number of nitro groups is 1. The Morgan fingerprint density at radius 3 is 2.85 bits per heavy atom. The number of hydrogen-bond acceptors (Lipinski definition) is 6. The van der Waals surface area contributed by atoms with Crippen LogP contribution in [-0.4, -0.2) is 24.7 Å². The second-order valence-electron chi connectivity index (χ2n) is 4.78. The average molecular weight is 281 g/mol. The monoisotopic (exact) mass is 281 g/mol. The number of anilines is 1. The van der Waals surface area contributed by atoms with Crippen LogP contribution in [0.4, 0.5) is 11.4 Å². The van der Waals surface area contributed by atoms with E-state index in [-0.39, 0.29) is 5.69 Å². The van der Waals surface area contributed by atoms with Crippen molar-refractivity contribution in [3.8, 4) is 0 Å². The van der Waals surface area contributed by atoms with Gasteiger partial charge in [0.1, 0.15) is 5.69 Å². The maximum Gasteiger partial charge on any atom is 0.294 e. The van der Waals surface area contributed by atoms with Crippen LogP contribution in [0.25, 0.3) is 0 Å². The molecule has 1 saturated heterocycles. The Labute approximate surface area is 117 Å². The van der Waals surface area contributed by atoms with E-state index in [1.54, 1.807) is 12.1 Å². The minimum atomic E-state index is -0.461. The molecular formula is C13H19N3O4. The van der Waals surface area contributed by atoms with Crippen LogP contribution in [0.2, 0.25) is 0 Å². The number of ether oxygens (including phenoxy) is 2. The number of nitro benzene ring substituents is 1. The number of nitrogen functional groups attached to an aromatic ring is 1. The number of rotatable bonds is 6. The first-order valence-corrected chi connectivity index (χ1v) is 6.60. The van der Waals surface area contributed by atoms with E-state index in [1.165, 1.54) is 6.07 Å². The van der Waals surface area contributed by atoms with Gasteiger partial charge in [-0.2, -0.15) is 0 Å². The third-order valence-corrected chi connectivity index (χ3v) is 3.42. The fourth-order valence-corrected chi connectivity index (χ4v) is 2.27. The molecule has 0 saturated carbocycles. The summed E-state index contributed by atoms with van der Waals surface area (Å²) in [6.07, 6.45) is 1.99. The van der Waals surface area contributed by atoms with Gasteiger partial charge < -0.3 is 14.9 Å². The second kappa shape index (κ2) is 7.18. The van der Waals surface area contributed by atoms with Crippen molar-refractivity contribution in [3.05, 3.63) is 33.9 Å². The van der Waals surface area contributed by atoms with E-state index in [1.807, 2.05) is 0 Å². The fraction of sp³-hybridized carbons (Fsp3) is 0.538. The van der Waals surface area contributed by atoms with Crippen molar-refractivity contribution in [1.82, 2.24) is 0 Å². The summed E-state index contributed by atoms with van der Waals surface area (Å²) in [6, 6.07) is 4.81. The number of benzene rings is 1. The summed E-state index contributed by atoms with van der Waals surface area (Å²) in [5, 5.41) is 10.9. The normalized spacial score (nSPS) is 16.1. The standard InChI is InChI=1S/C13H19N3O4/c14-15-13-11(2-1-3-12(13)16(17)18)9-20-8-10-4-6-19-7-5-10/h1-3,10,15H,4-9,14H2. The van der Waals surface area contributed by atoms with Crippen molar-refractivity contribution >= 4 is 11.4 Å². The molecule has 3 N–H and O–H groups in total. The van der Waals surface area contributed by atoms with Gasteiger partial charge in [0.15, 0.2) is 0 Å². The molecule has 1 aliphatic rings. The molecule has 0 atom stereocenters. The fourth-order valence-electron chi connectivity index (χ4n) is 2.27. The molecule has 1 fully saturated rings. The molecule has 0 aliphatic carbocycles. The van der Waals surface area contributed by atoms with Crippen LogP contribution in [0.3, 0.4) is 0 Å². The van der Waals surface area contributed by atoms with Crippen molar-refractivity contribution in [1.29, 1.82) is 0 Å². The summed E-state index contributed by atoms with van der Waals surface area (Å²) < 4.78 is 10.9. The van der Waals surface area contributed by atoms with E-state index in [4.69, 9.17) is 15.3 Å². The Kier molecular flexibility index (Phi) is 5.28. The molecule has 1 heterocycles. The Bertz CT molecular complexity index is 461. The number of nitrogens with two attached hydrogens (primary N) is 1. The minimum absolute atomic E-state index is 0.0420. The smallest absolute Gasteiger partial charge is 0.294 e. The molecule has 0 unspecified atom stereocenters. The quantitative estimate of drug-likeness (QED) is 0.469. The summed E-state index contributed by atoms with van der Waals surface area (Å²) in [5.74, 6) is 5.87. The highest BCUT2D eigenvalue weighted by molar-refractivity contribution is 5.65. The number of nitrogens with zero attached hydrogens (tertiary/aromatic N) is 1. The SMILES string of the molecule is NNc1c(COCC2CCOCC2)cccc1[N+](=O)[O-]. The lowest BCUT2D eigenvalue weighted by atomic mass is 10.0. The zero-order valence-electron chi connectivity index (χ0n) is 11.2. The van der Waals surface area contributed by atoms with Crippen LogP contribution in [0.15, 0.2) is 18.2 Å². The van der Waals surface area contributed by atoms with E-state index >= 15 is 0 Å². The lowest BCUT2D eigenvalue weighted by Gasteiger charge is -2.22. The molecule has 20 heavy (non-hydrogen) atoms. The molecule has 1 aliphatic heterocycles. The lowest BCUT2D eigenvalue weighted by molar-refractivity contribution is -0.384. The van der Waals surface area contributed by atoms with Crippen molar-refractivity contribution in [2.45, 2.75) is 19.4 Å². The van der Waals surface area contributed by atoms with Gasteiger partial charge in [0.2, 0.25) is 0 Å². The zero-order valence-corrected chi connectivity index (χ0v) is 11.2. The van der Waals surface area contributed by atoms with Crippen LogP contribution >= 0.6 is 0 Å². The topological polar surface area (TPSA) is 99.7 Å². The highest BCUT2D eigenvalue weighted by atomic mass is 16.6. The molecule has 7 nitrogen and oxygen atoms in total. The number of para-hydroxylation sites is 1. The Morgan fingerprint density at radius 2 is 2.20 bits per heavy atom. The maximum atomic E-state index is 10.9. The lowest BCUT2D eigenvalue weighted by Crippen LogP contribution is -2.20. The summed E-state index contributed by atoms with van der Waals surface area (Å²) in [4.78, 5) is 10.4. The molecule has 0 spiro atoms. The Morgan fingerprint density at radius 1 is 1.45 bits per heavy atom. The van der Waals surface area contributed by atoms with Crippen molar-refractivity contribution < 1.29 is 14.4 Å². The van der Waals surface area contributed by atoms with Gasteiger partial charge in [0.05, 0.1) is 18.1 Å². The predicted octanol–water partition coefficient (Wildman–Crippen LogP) is 1.82. The highest BCUT2D eigenvalue weighted by Gasteiger charge is 2.18. The molecule has 0 radical (unpaired) electrons. The molecule has 0 amide bonds. The van der Waals surface area contributed by atoms with E-state index in [9.17, 15) is 10.1 Å². The molecule has 0 bridgehead atoms. The second-order valence-corrected chi connectivity index (χ2v) is 4.78. The molecule has 1 aromatic rings. The van der Waals surface area contributed by atoms with Gasteiger partial charge in [0, 0.05) is 24.8 Å². The molecule has 0 aromatic heterocycles. The van der Waals surface area contributed by atoms with Gasteiger partial charge in [-0.25, -0.2) is 0 Å². The first-order valence-electron chi connectivity index (χ1n) is 6.60. The largest absolute Gasteiger partial charge is 0.381 e. The van der Waals surface area contributed by atoms with Crippen LogP contribution in [0.5, 0.6) is 0 Å². The molecule has 2 rings (SSSR count). The van der Waals surface area contributed by atoms with E-state index in [0.717, 1.165) is 26.1 Å². The van der Waals surface area contributed by atoms with E-state index < -0.39 is 4.92 Å². The van der Waals surface area contributed by atoms with Gasteiger partial charge >= 0.3 is 0 Å². The van der Waals surface area contributed by atoms with Crippen LogP contribution < -0.4 is 11.3 Å². The van der Waals surface area contributed by atoms with Crippen LogP contribution in [-0.2, 0) is 16.1 Å². The van der Waals surface area contributed by atoms with Gasteiger partial charge in [-0.3, -0.25) is 16.0 Å². The zero-order chi connectivity index (χ0) is 14.4. The Balaban J connectivity index is 1.94. The summed E-state index contributed by atoms with van der Waals surface area (Å²) in [5.41, 5.74) is 3.35. The average Bonchev–Trinajstić information content (AvgIpc) is 2.48. The van der Waals surface area contributed by atoms with Gasteiger partial charge in [0.25, 0.3) is 5.69 Å². The molecule has 1 aromatic carbocycles.